The summed E-state index contributed by atoms with van der Waals surface area (Å²) in [6, 6.07) is 9.47. The van der Waals surface area contributed by atoms with Crippen molar-refractivity contribution in [2.24, 2.45) is 5.41 Å². The second-order valence-electron chi connectivity index (χ2n) is 12.0. The standard InChI is InChI=1S/C32H39BrF3N3O2/c1-31(2,3)17-13-9-7-5-4-6-8-10-14-18-41-28-24-15-11-12-16-26(24)37-30(28)39-29(33)25-20-23(32(34,35)36)19-22(21-40)27(25)38-39/h11-12,15-16,19-21,37H,4-10,13-14,17-18H2,1-3H3. The van der Waals surface area contributed by atoms with E-state index in [1.807, 2.05) is 24.3 Å². The lowest BCUT2D eigenvalue weighted by molar-refractivity contribution is -0.137. The molecule has 9 heteroatoms. The van der Waals surface area contributed by atoms with Gasteiger partial charge in [-0.3, -0.25) is 4.79 Å². The number of hydrogen-bond donors (Lipinski definition) is 1. The molecule has 0 saturated heterocycles. The van der Waals surface area contributed by atoms with Crippen LogP contribution in [0.15, 0.2) is 41.0 Å². The molecule has 0 spiro atoms. The minimum absolute atomic E-state index is 0.127. The Bertz CT molecular complexity index is 1470. The van der Waals surface area contributed by atoms with Crippen molar-refractivity contribution in [3.05, 3.63) is 52.1 Å². The molecule has 0 bridgehead atoms. The van der Waals surface area contributed by atoms with Crippen LogP contribution in [0.2, 0.25) is 0 Å². The second-order valence-corrected chi connectivity index (χ2v) is 12.7. The number of rotatable bonds is 14. The zero-order valence-corrected chi connectivity index (χ0v) is 25.6. The van der Waals surface area contributed by atoms with Crippen LogP contribution in [-0.4, -0.2) is 27.7 Å². The molecule has 0 amide bonds. The predicted molar refractivity (Wildman–Crippen MR) is 162 cm³/mol. The summed E-state index contributed by atoms with van der Waals surface area (Å²) in [7, 11) is 0. The lowest BCUT2D eigenvalue weighted by Crippen LogP contribution is -2.05. The lowest BCUT2D eigenvalue weighted by Gasteiger charge is -2.17. The van der Waals surface area contributed by atoms with Crippen molar-refractivity contribution >= 4 is 44.0 Å². The SMILES string of the molecule is CC(C)(C)CCCCCCCCCCCOc1c(-n2nc3c(C=O)cc(C(F)(F)F)cc3c2Br)[nH]c2ccccc12. The fraction of sp³-hybridized carbons (Fsp3) is 0.500. The Morgan fingerprint density at radius 2 is 1.56 bits per heavy atom. The Kier molecular flexibility index (Phi) is 10.2. The zero-order chi connectivity index (χ0) is 29.6. The number of hydrogen-bond acceptors (Lipinski definition) is 3. The molecule has 2 heterocycles. The molecule has 2 aromatic heterocycles. The quantitative estimate of drug-likeness (QED) is 0.111. The van der Waals surface area contributed by atoms with Gasteiger partial charge in [0.15, 0.2) is 17.9 Å². The number of aldehydes is 1. The van der Waals surface area contributed by atoms with E-state index >= 15 is 0 Å². The fourth-order valence-electron chi connectivity index (χ4n) is 5.15. The van der Waals surface area contributed by atoms with Crippen molar-refractivity contribution in [3.63, 3.8) is 0 Å². The van der Waals surface area contributed by atoms with Gasteiger partial charge in [-0.05, 0) is 58.5 Å². The van der Waals surface area contributed by atoms with Crippen LogP contribution in [0, 0.1) is 5.41 Å². The maximum absolute atomic E-state index is 13.5. The van der Waals surface area contributed by atoms with Crippen LogP contribution in [-0.2, 0) is 6.18 Å². The van der Waals surface area contributed by atoms with E-state index in [2.05, 4.69) is 46.8 Å². The molecule has 0 unspecified atom stereocenters. The smallest absolute Gasteiger partial charge is 0.416 e. The van der Waals surface area contributed by atoms with Gasteiger partial charge in [-0.15, -0.1) is 0 Å². The predicted octanol–water partition coefficient (Wildman–Crippen LogP) is 10.4. The Labute approximate surface area is 248 Å². The minimum atomic E-state index is -4.59. The number of nitrogens with zero attached hydrogens (tertiary/aromatic N) is 2. The van der Waals surface area contributed by atoms with Gasteiger partial charge in [-0.2, -0.15) is 18.3 Å². The largest absolute Gasteiger partial charge is 0.489 e. The average molecular weight is 635 g/mol. The van der Waals surface area contributed by atoms with Crippen LogP contribution in [0.25, 0.3) is 27.6 Å². The number of carbonyl (C=O) groups excluding carboxylic acids is 1. The summed E-state index contributed by atoms with van der Waals surface area (Å²) in [5.41, 5.74) is 0.398. The number of halogens is 4. The topological polar surface area (TPSA) is 59.9 Å². The first-order chi connectivity index (χ1) is 19.5. The van der Waals surface area contributed by atoms with E-state index in [0.29, 0.717) is 34.5 Å². The van der Waals surface area contributed by atoms with Crippen LogP contribution in [0.3, 0.4) is 0 Å². The summed E-state index contributed by atoms with van der Waals surface area (Å²) in [6.07, 6.45) is 7.97. The van der Waals surface area contributed by atoms with E-state index in [1.54, 1.807) is 0 Å². The molecule has 5 nitrogen and oxygen atoms in total. The summed E-state index contributed by atoms with van der Waals surface area (Å²) >= 11 is 3.43. The maximum atomic E-state index is 13.5. The van der Waals surface area contributed by atoms with Crippen molar-refractivity contribution < 1.29 is 22.7 Å². The number of fused-ring (bicyclic) bond motifs is 2. The Morgan fingerprint density at radius 1 is 0.927 bits per heavy atom. The van der Waals surface area contributed by atoms with E-state index in [4.69, 9.17) is 4.74 Å². The van der Waals surface area contributed by atoms with Crippen LogP contribution < -0.4 is 4.74 Å². The molecule has 0 aliphatic rings. The first-order valence-corrected chi connectivity index (χ1v) is 15.3. The molecule has 2 aromatic carbocycles. The highest BCUT2D eigenvalue weighted by atomic mass is 79.9. The Morgan fingerprint density at radius 3 is 2.20 bits per heavy atom. The van der Waals surface area contributed by atoms with Crippen LogP contribution >= 0.6 is 15.9 Å². The normalized spacial score (nSPS) is 12.5. The Hall–Kier alpha value is -2.81. The highest BCUT2D eigenvalue weighted by molar-refractivity contribution is 9.10. The van der Waals surface area contributed by atoms with E-state index in [-0.39, 0.29) is 16.5 Å². The molecule has 0 aliphatic heterocycles. The molecule has 222 valence electrons. The molecule has 1 N–H and O–H groups in total. The van der Waals surface area contributed by atoms with Crippen LogP contribution in [0.4, 0.5) is 13.2 Å². The molecule has 4 rings (SSSR count). The Balaban J connectivity index is 1.40. The molecule has 0 radical (unpaired) electrons. The number of alkyl halides is 3. The summed E-state index contributed by atoms with van der Waals surface area (Å²) in [4.78, 5) is 15.0. The third-order valence-corrected chi connectivity index (χ3v) is 8.13. The number of nitrogens with one attached hydrogen (secondary N) is 1. The maximum Gasteiger partial charge on any atom is 0.416 e. The van der Waals surface area contributed by atoms with Gasteiger partial charge in [0, 0.05) is 16.3 Å². The molecule has 0 aliphatic carbocycles. The fourth-order valence-corrected chi connectivity index (χ4v) is 5.71. The van der Waals surface area contributed by atoms with Gasteiger partial charge in [-0.25, -0.2) is 4.68 Å². The van der Waals surface area contributed by atoms with E-state index in [1.165, 1.54) is 49.6 Å². The number of aromatic nitrogens is 3. The highest BCUT2D eigenvalue weighted by Gasteiger charge is 2.33. The minimum Gasteiger partial charge on any atom is -0.489 e. The van der Waals surface area contributed by atoms with Gasteiger partial charge >= 0.3 is 6.18 Å². The average Bonchev–Trinajstić information content (AvgIpc) is 3.45. The first kappa shape index (κ1) is 31.1. The summed E-state index contributed by atoms with van der Waals surface area (Å²) in [5.74, 6) is 1.07. The van der Waals surface area contributed by atoms with Gasteiger partial charge in [0.25, 0.3) is 0 Å². The number of unbranched alkanes of at least 4 members (excludes halogenated alkanes) is 8. The lowest BCUT2D eigenvalue weighted by atomic mass is 9.89. The van der Waals surface area contributed by atoms with Gasteiger partial charge in [0.2, 0.25) is 0 Å². The number of H-pyrrole nitrogens is 1. The summed E-state index contributed by atoms with van der Waals surface area (Å²) < 4.78 is 48.5. The van der Waals surface area contributed by atoms with Crippen molar-refractivity contribution in [3.8, 4) is 11.6 Å². The molecular formula is C32H39BrF3N3O2. The first-order valence-electron chi connectivity index (χ1n) is 14.5. The summed E-state index contributed by atoms with van der Waals surface area (Å²) in [6.45, 7) is 7.41. The van der Waals surface area contributed by atoms with Crippen LogP contribution in [0.1, 0.15) is 101 Å². The summed E-state index contributed by atoms with van der Waals surface area (Å²) in [5, 5.41) is 5.56. The van der Waals surface area contributed by atoms with Gasteiger partial charge in [0.1, 0.15) is 10.1 Å². The van der Waals surface area contributed by atoms with Gasteiger partial charge in [0.05, 0.1) is 17.7 Å². The zero-order valence-electron chi connectivity index (χ0n) is 24.0. The van der Waals surface area contributed by atoms with Crippen molar-refractivity contribution in [1.82, 2.24) is 14.8 Å². The number of aromatic amines is 1. The van der Waals surface area contributed by atoms with E-state index < -0.39 is 11.7 Å². The third kappa shape index (κ3) is 7.93. The highest BCUT2D eigenvalue weighted by Crippen LogP contribution is 2.39. The second kappa shape index (κ2) is 13.4. The van der Waals surface area contributed by atoms with Crippen molar-refractivity contribution in [1.29, 1.82) is 0 Å². The van der Waals surface area contributed by atoms with E-state index in [0.717, 1.165) is 42.3 Å². The monoisotopic (exact) mass is 633 g/mol. The van der Waals surface area contributed by atoms with Crippen molar-refractivity contribution in [2.45, 2.75) is 91.2 Å². The molecule has 0 fully saturated rings. The van der Waals surface area contributed by atoms with E-state index in [9.17, 15) is 18.0 Å². The number of ether oxygens (including phenoxy) is 1. The number of carbonyl (C=O) groups is 1. The van der Waals surface area contributed by atoms with Crippen molar-refractivity contribution in [2.75, 3.05) is 6.61 Å². The van der Waals surface area contributed by atoms with Gasteiger partial charge < -0.3 is 9.72 Å². The molecular weight excluding hydrogens is 595 g/mol. The van der Waals surface area contributed by atoms with Crippen LogP contribution in [0.5, 0.6) is 5.75 Å². The molecule has 0 saturated carbocycles. The number of para-hydroxylation sites is 1. The number of benzene rings is 2. The third-order valence-electron chi connectivity index (χ3n) is 7.37. The molecule has 4 aromatic rings. The van der Waals surface area contributed by atoms with Gasteiger partial charge in [-0.1, -0.05) is 84.3 Å². The molecule has 41 heavy (non-hydrogen) atoms. The molecule has 0 atom stereocenters.